The van der Waals surface area contributed by atoms with Gasteiger partial charge in [0.05, 0.1) is 38.7 Å². The predicted molar refractivity (Wildman–Crippen MR) is 77.2 cm³/mol. The van der Waals surface area contributed by atoms with Crippen LogP contribution in [0.5, 0.6) is 5.75 Å². The molecule has 0 fully saturated rings. The lowest BCUT2D eigenvalue weighted by Crippen LogP contribution is -2.03. The zero-order valence-electron chi connectivity index (χ0n) is 11.4. The van der Waals surface area contributed by atoms with Gasteiger partial charge in [-0.25, -0.2) is 4.68 Å². The summed E-state index contributed by atoms with van der Waals surface area (Å²) in [5.74, 6) is 0.684. The van der Waals surface area contributed by atoms with E-state index in [0.29, 0.717) is 23.9 Å². The molecule has 108 valence electrons. The fraction of sp³-hybridized carbons (Fsp3) is 0.385. The Labute approximate surface area is 122 Å². The molecule has 1 heterocycles. The number of aromatic nitrogens is 3. The summed E-state index contributed by atoms with van der Waals surface area (Å²) in [5.41, 5.74) is 2.61. The van der Waals surface area contributed by atoms with E-state index in [9.17, 15) is 0 Å². The monoisotopic (exact) mass is 296 g/mol. The molecule has 1 aromatic carbocycles. The average Bonchev–Trinajstić information content (AvgIpc) is 2.88. The molecule has 0 saturated carbocycles. The molecule has 0 saturated heterocycles. The van der Waals surface area contributed by atoms with Crippen molar-refractivity contribution in [2.75, 3.05) is 19.0 Å². The maximum absolute atomic E-state index is 8.83. The molecule has 20 heavy (non-hydrogen) atoms. The van der Waals surface area contributed by atoms with Crippen molar-refractivity contribution in [2.24, 2.45) is 0 Å². The topological polar surface area (TPSA) is 72.2 Å². The van der Waals surface area contributed by atoms with E-state index < -0.39 is 0 Å². The zero-order valence-corrected chi connectivity index (χ0v) is 12.2. The summed E-state index contributed by atoms with van der Waals surface area (Å²) in [7, 11) is 1.60. The molecular formula is C13H17ClN4O2. The second-order valence-corrected chi connectivity index (χ2v) is 4.76. The molecule has 0 unspecified atom stereocenters. The smallest absolute Gasteiger partial charge is 0.143 e. The van der Waals surface area contributed by atoms with Crippen LogP contribution < -0.4 is 10.1 Å². The standard InChI is InChI=1S/C13H17ClN4O2/c1-9-5-12(13(20-2)6-11(9)14)15-7-10-8-18(3-4-19)17-16-10/h5-6,8,15,19H,3-4,7H2,1-2H3. The fourth-order valence-electron chi connectivity index (χ4n) is 1.79. The second kappa shape index (κ2) is 6.58. The van der Waals surface area contributed by atoms with Crippen molar-refractivity contribution in [1.82, 2.24) is 15.0 Å². The van der Waals surface area contributed by atoms with E-state index in [0.717, 1.165) is 16.9 Å². The van der Waals surface area contributed by atoms with Crippen LogP contribution in [0, 0.1) is 6.92 Å². The van der Waals surface area contributed by atoms with Crippen LogP contribution in [0.3, 0.4) is 0 Å². The average molecular weight is 297 g/mol. The van der Waals surface area contributed by atoms with E-state index in [1.807, 2.05) is 13.0 Å². The van der Waals surface area contributed by atoms with E-state index in [1.54, 1.807) is 24.1 Å². The normalized spacial score (nSPS) is 10.6. The molecule has 0 atom stereocenters. The van der Waals surface area contributed by atoms with Gasteiger partial charge in [0.15, 0.2) is 0 Å². The maximum atomic E-state index is 8.83. The number of nitrogens with zero attached hydrogens (tertiary/aromatic N) is 3. The molecule has 0 spiro atoms. The molecule has 0 radical (unpaired) electrons. The highest BCUT2D eigenvalue weighted by Crippen LogP contribution is 2.31. The minimum atomic E-state index is 0.0421. The summed E-state index contributed by atoms with van der Waals surface area (Å²) < 4.78 is 6.89. The largest absolute Gasteiger partial charge is 0.495 e. The van der Waals surface area contributed by atoms with E-state index in [-0.39, 0.29) is 6.61 Å². The first-order valence-corrected chi connectivity index (χ1v) is 6.59. The van der Waals surface area contributed by atoms with Gasteiger partial charge in [0.25, 0.3) is 0 Å². The lowest BCUT2D eigenvalue weighted by atomic mass is 10.2. The van der Waals surface area contributed by atoms with Gasteiger partial charge in [-0.15, -0.1) is 5.10 Å². The highest BCUT2D eigenvalue weighted by molar-refractivity contribution is 6.31. The zero-order chi connectivity index (χ0) is 14.5. The van der Waals surface area contributed by atoms with Crippen LogP contribution in [0.25, 0.3) is 0 Å². The van der Waals surface area contributed by atoms with Crippen molar-refractivity contribution in [3.63, 3.8) is 0 Å². The van der Waals surface area contributed by atoms with Crippen LogP contribution in [-0.2, 0) is 13.1 Å². The Morgan fingerprint density at radius 3 is 2.95 bits per heavy atom. The first-order valence-electron chi connectivity index (χ1n) is 6.22. The number of methoxy groups -OCH3 is 1. The fourth-order valence-corrected chi connectivity index (χ4v) is 1.94. The number of hydrogen-bond acceptors (Lipinski definition) is 5. The van der Waals surface area contributed by atoms with Crippen LogP contribution >= 0.6 is 11.6 Å². The maximum Gasteiger partial charge on any atom is 0.143 e. The highest BCUT2D eigenvalue weighted by Gasteiger charge is 2.08. The Kier molecular flexibility index (Phi) is 4.81. The number of aryl methyl sites for hydroxylation is 1. The summed E-state index contributed by atoms with van der Waals surface area (Å²) in [6.07, 6.45) is 1.79. The van der Waals surface area contributed by atoms with E-state index >= 15 is 0 Å². The van der Waals surface area contributed by atoms with Gasteiger partial charge in [-0.2, -0.15) is 0 Å². The van der Waals surface area contributed by atoms with Crippen LogP contribution in [0.1, 0.15) is 11.3 Å². The first kappa shape index (κ1) is 14.6. The third-order valence-corrected chi connectivity index (χ3v) is 3.26. The Balaban J connectivity index is 2.07. The first-order chi connectivity index (χ1) is 9.63. The van der Waals surface area contributed by atoms with Crippen LogP contribution in [0.2, 0.25) is 5.02 Å². The minimum absolute atomic E-state index is 0.0421. The Bertz CT molecular complexity index is 586. The van der Waals surface area contributed by atoms with Gasteiger partial charge in [0.2, 0.25) is 0 Å². The van der Waals surface area contributed by atoms with Crippen molar-refractivity contribution < 1.29 is 9.84 Å². The van der Waals surface area contributed by atoms with Gasteiger partial charge in [0.1, 0.15) is 11.4 Å². The minimum Gasteiger partial charge on any atom is -0.495 e. The summed E-state index contributed by atoms with van der Waals surface area (Å²) in [6.45, 7) is 2.93. The molecule has 0 aliphatic rings. The van der Waals surface area contributed by atoms with E-state index in [4.69, 9.17) is 21.4 Å². The summed E-state index contributed by atoms with van der Waals surface area (Å²) in [4.78, 5) is 0. The summed E-state index contributed by atoms with van der Waals surface area (Å²) in [6, 6.07) is 3.71. The van der Waals surface area contributed by atoms with Gasteiger partial charge in [-0.05, 0) is 18.6 Å². The van der Waals surface area contributed by atoms with Gasteiger partial charge >= 0.3 is 0 Å². The number of halogens is 1. The number of hydrogen-bond donors (Lipinski definition) is 2. The van der Waals surface area contributed by atoms with Crippen LogP contribution in [0.15, 0.2) is 18.3 Å². The van der Waals surface area contributed by atoms with Gasteiger partial charge in [-0.3, -0.25) is 0 Å². The number of anilines is 1. The van der Waals surface area contributed by atoms with Gasteiger partial charge < -0.3 is 15.2 Å². The lowest BCUT2D eigenvalue weighted by Gasteiger charge is -2.12. The van der Waals surface area contributed by atoms with E-state index in [2.05, 4.69) is 15.6 Å². The Morgan fingerprint density at radius 2 is 2.25 bits per heavy atom. The third kappa shape index (κ3) is 3.40. The third-order valence-electron chi connectivity index (χ3n) is 2.86. The molecule has 0 aliphatic heterocycles. The number of aliphatic hydroxyl groups is 1. The molecule has 2 N–H and O–H groups in total. The number of aliphatic hydroxyl groups excluding tert-OH is 1. The van der Waals surface area contributed by atoms with Crippen molar-refractivity contribution in [3.05, 3.63) is 34.6 Å². The number of benzene rings is 1. The Morgan fingerprint density at radius 1 is 1.45 bits per heavy atom. The van der Waals surface area contributed by atoms with Crippen molar-refractivity contribution in [1.29, 1.82) is 0 Å². The predicted octanol–water partition coefficient (Wildman–Crippen LogP) is 1.85. The Hall–Kier alpha value is -1.79. The summed E-state index contributed by atoms with van der Waals surface area (Å²) in [5, 5.41) is 20.7. The molecule has 0 bridgehead atoms. The van der Waals surface area contributed by atoms with Crippen molar-refractivity contribution >= 4 is 17.3 Å². The van der Waals surface area contributed by atoms with Gasteiger partial charge in [-0.1, -0.05) is 16.8 Å². The van der Waals surface area contributed by atoms with Crippen molar-refractivity contribution in [2.45, 2.75) is 20.0 Å². The number of ether oxygens (including phenoxy) is 1. The molecule has 7 heteroatoms. The highest BCUT2D eigenvalue weighted by atomic mass is 35.5. The second-order valence-electron chi connectivity index (χ2n) is 4.35. The molecule has 0 aliphatic carbocycles. The van der Waals surface area contributed by atoms with Crippen LogP contribution in [0.4, 0.5) is 5.69 Å². The van der Waals surface area contributed by atoms with Crippen LogP contribution in [-0.4, -0.2) is 33.8 Å². The number of nitrogens with one attached hydrogen (secondary N) is 1. The quantitative estimate of drug-likeness (QED) is 0.851. The molecular weight excluding hydrogens is 280 g/mol. The molecule has 2 aromatic rings. The van der Waals surface area contributed by atoms with E-state index in [1.165, 1.54) is 0 Å². The summed E-state index contributed by atoms with van der Waals surface area (Å²) >= 11 is 6.06. The lowest BCUT2D eigenvalue weighted by molar-refractivity contribution is 0.268. The molecule has 1 aromatic heterocycles. The molecule has 2 rings (SSSR count). The van der Waals surface area contributed by atoms with Crippen molar-refractivity contribution in [3.8, 4) is 5.75 Å². The molecule has 0 amide bonds. The molecule has 6 nitrogen and oxygen atoms in total. The SMILES string of the molecule is COc1cc(Cl)c(C)cc1NCc1cn(CCO)nn1. The number of rotatable bonds is 6. The van der Waals surface area contributed by atoms with Gasteiger partial charge in [0, 0.05) is 11.1 Å².